The van der Waals surface area contributed by atoms with Gasteiger partial charge in [0, 0.05) is 6.92 Å². The van der Waals surface area contributed by atoms with Gasteiger partial charge in [-0.3, -0.25) is 9.47 Å². The van der Waals surface area contributed by atoms with Crippen LogP contribution in [0.2, 0.25) is 0 Å². The van der Waals surface area contributed by atoms with Crippen LogP contribution in [0, 0.1) is 0 Å². The summed E-state index contributed by atoms with van der Waals surface area (Å²) in [5.41, 5.74) is 0. The van der Waals surface area contributed by atoms with E-state index in [0.29, 0.717) is 6.61 Å². The monoisotopic (exact) mass is 263 g/mol. The minimum absolute atomic E-state index is 0.198. The maximum atomic E-state index is 11.6. The fourth-order valence-electron chi connectivity index (χ4n) is 1.47. The summed E-state index contributed by atoms with van der Waals surface area (Å²) < 4.78 is 24.0. The van der Waals surface area contributed by atoms with Crippen LogP contribution in [0.5, 0.6) is 0 Å². The van der Waals surface area contributed by atoms with E-state index in [1.54, 1.807) is 20.8 Å². The molecule has 7 heteroatoms. The average molecular weight is 263 g/mol. The van der Waals surface area contributed by atoms with Gasteiger partial charge in [0.25, 0.3) is 0 Å². The van der Waals surface area contributed by atoms with E-state index in [9.17, 15) is 9.59 Å². The first-order chi connectivity index (χ1) is 8.63. The fraction of sp³-hybridized carbons (Fsp3) is 0.818. The van der Waals surface area contributed by atoms with Crippen molar-refractivity contribution in [3.05, 3.63) is 0 Å². The molecule has 1 aliphatic rings. The summed E-state index contributed by atoms with van der Waals surface area (Å²) in [6.45, 7) is 5.05. The van der Waals surface area contributed by atoms with Crippen molar-refractivity contribution in [1.29, 1.82) is 0 Å². The highest BCUT2D eigenvalue weighted by Crippen LogP contribution is 2.21. The molecule has 2 atom stereocenters. The molecule has 0 aliphatic carbocycles. The molecule has 1 rings (SSSR count). The van der Waals surface area contributed by atoms with Crippen molar-refractivity contribution in [2.24, 2.45) is 0 Å². The van der Waals surface area contributed by atoms with Crippen molar-refractivity contribution in [2.75, 3.05) is 19.8 Å². The van der Waals surface area contributed by atoms with Gasteiger partial charge >= 0.3 is 18.4 Å². The highest BCUT2D eigenvalue weighted by molar-refractivity contribution is 5.86. The van der Waals surface area contributed by atoms with Crippen LogP contribution in [0.3, 0.4) is 0 Å². The molecule has 0 unspecified atom stereocenters. The van der Waals surface area contributed by atoms with Gasteiger partial charge in [0.1, 0.15) is 6.61 Å². The highest BCUT2D eigenvalue weighted by atomic mass is 16.9. The molecule has 0 amide bonds. The number of aliphatic hydroxyl groups is 2. The number of esters is 2. The molecule has 0 saturated carbocycles. The fourth-order valence-corrected chi connectivity index (χ4v) is 1.47. The largest absolute Gasteiger partial charge is 0.464 e. The number of ether oxygens (including phenoxy) is 5. The second-order valence-corrected chi connectivity index (χ2v) is 3.42. The topological polar surface area (TPSA) is 83.9 Å². The van der Waals surface area contributed by atoms with Crippen molar-refractivity contribution in [3.63, 3.8) is 0 Å². The third kappa shape index (κ3) is 3.66. The van der Waals surface area contributed by atoms with Gasteiger partial charge in [-0.15, -0.1) is 0 Å². The van der Waals surface area contributed by atoms with E-state index in [2.05, 4.69) is 4.74 Å². The van der Waals surface area contributed by atoms with Crippen LogP contribution in [0.4, 0.5) is 0 Å². The lowest BCUT2D eigenvalue weighted by Gasteiger charge is -2.12. The number of rotatable bonds is 6. The van der Waals surface area contributed by atoms with Crippen molar-refractivity contribution >= 4 is 11.9 Å². The lowest BCUT2D eigenvalue weighted by atomic mass is 10.2. The predicted octanol–water partition coefficient (Wildman–Crippen LogP) is -0.272. The molecular formula is C11H19O7+. The van der Waals surface area contributed by atoms with Crippen LogP contribution < -0.4 is 0 Å². The Bertz CT molecular complexity index is 265. The Hall–Kier alpha value is -1.18. The summed E-state index contributed by atoms with van der Waals surface area (Å²) in [6.07, 6.45) is -2.24. The van der Waals surface area contributed by atoms with Gasteiger partial charge < -0.3 is 14.2 Å². The molecule has 7 nitrogen and oxygen atoms in total. The zero-order valence-corrected chi connectivity index (χ0v) is 10.8. The van der Waals surface area contributed by atoms with E-state index >= 15 is 0 Å². The van der Waals surface area contributed by atoms with E-state index in [1.165, 1.54) is 0 Å². The van der Waals surface area contributed by atoms with Gasteiger partial charge in [0.2, 0.25) is 12.2 Å². The van der Waals surface area contributed by atoms with Gasteiger partial charge in [-0.25, -0.2) is 9.59 Å². The Morgan fingerprint density at radius 1 is 1.00 bits per heavy atom. The van der Waals surface area contributed by atoms with Crippen LogP contribution in [-0.4, -0.2) is 55.2 Å². The van der Waals surface area contributed by atoms with E-state index in [4.69, 9.17) is 18.9 Å². The molecule has 0 radical (unpaired) electrons. The van der Waals surface area contributed by atoms with Gasteiger partial charge in [-0.1, -0.05) is 0 Å². The first-order valence-corrected chi connectivity index (χ1v) is 5.94. The lowest BCUT2D eigenvalue weighted by molar-refractivity contribution is -0.319. The zero-order chi connectivity index (χ0) is 13.5. The summed E-state index contributed by atoms with van der Waals surface area (Å²) >= 11 is 0. The normalized spacial score (nSPS) is 23.9. The minimum atomic E-state index is -1.12. The molecule has 0 aromatic carbocycles. The van der Waals surface area contributed by atoms with Crippen LogP contribution in [-0.2, 0) is 28.5 Å². The van der Waals surface area contributed by atoms with E-state index in [1.807, 2.05) is 0 Å². The Kier molecular flexibility index (Phi) is 6.03. The molecule has 0 spiro atoms. The predicted molar refractivity (Wildman–Crippen MR) is 59.6 cm³/mol. The second-order valence-electron chi connectivity index (χ2n) is 3.42. The molecule has 1 N–H and O–H groups in total. The standard InChI is InChI=1S/C11H18O7/c1-4-14-9(12)7-8(10(13)15-5-2)18-11(17-7)16-6-3/h7-8,11H,4-6H2,1-3H3/p+1/t7-,8-/m0/s1. The third-order valence-electron chi connectivity index (χ3n) is 2.17. The van der Waals surface area contributed by atoms with Gasteiger partial charge in [0.15, 0.2) is 0 Å². The molecule has 18 heavy (non-hydrogen) atoms. The number of carbonyl (C=O) groups is 2. The number of hydrogen-bond donors (Lipinski definition) is 0. The summed E-state index contributed by atoms with van der Waals surface area (Å²) in [5.74, 6) is -1.30. The Morgan fingerprint density at radius 2 is 1.44 bits per heavy atom. The first-order valence-electron chi connectivity index (χ1n) is 5.94. The van der Waals surface area contributed by atoms with Crippen LogP contribution in [0.1, 0.15) is 20.8 Å². The minimum Gasteiger partial charge on any atom is -0.464 e. The number of hydrogen-bond acceptors (Lipinski definition) is 6. The SMILES string of the molecule is CCOC(=O)[C@H]1OC([OH+]CC)O[C@@H]1C(=O)OCC. The molecule has 104 valence electrons. The van der Waals surface area contributed by atoms with Crippen molar-refractivity contribution in [2.45, 2.75) is 39.5 Å². The maximum Gasteiger partial charge on any atom is 0.389 e. The Balaban J connectivity index is 2.69. The number of carbonyl (C=O) groups excluding carboxylic acids is 2. The van der Waals surface area contributed by atoms with E-state index < -0.39 is 30.6 Å². The molecule has 0 bridgehead atoms. The zero-order valence-electron chi connectivity index (χ0n) is 10.8. The van der Waals surface area contributed by atoms with Crippen molar-refractivity contribution in [1.82, 2.24) is 0 Å². The molecule has 0 aromatic rings. The molecule has 1 fully saturated rings. The summed E-state index contributed by atoms with van der Waals surface area (Å²) in [4.78, 5) is 23.3. The summed E-state index contributed by atoms with van der Waals surface area (Å²) in [5, 5.41) is 0. The van der Waals surface area contributed by atoms with E-state index in [-0.39, 0.29) is 13.2 Å². The quantitative estimate of drug-likeness (QED) is 0.484. The van der Waals surface area contributed by atoms with Crippen LogP contribution >= 0.6 is 0 Å². The third-order valence-corrected chi connectivity index (χ3v) is 2.17. The van der Waals surface area contributed by atoms with Crippen LogP contribution in [0.25, 0.3) is 0 Å². The Morgan fingerprint density at radius 3 is 1.78 bits per heavy atom. The van der Waals surface area contributed by atoms with Crippen molar-refractivity contribution < 1.29 is 33.3 Å². The van der Waals surface area contributed by atoms with Gasteiger partial charge in [-0.05, 0) is 13.8 Å². The summed E-state index contributed by atoms with van der Waals surface area (Å²) in [7, 11) is 0. The molecule has 1 saturated heterocycles. The maximum absolute atomic E-state index is 11.6. The second kappa shape index (κ2) is 7.30. The van der Waals surface area contributed by atoms with E-state index in [0.717, 1.165) is 0 Å². The highest BCUT2D eigenvalue weighted by Gasteiger charge is 2.49. The molecular weight excluding hydrogens is 244 g/mol. The molecule has 1 aliphatic heterocycles. The lowest BCUT2D eigenvalue weighted by Crippen LogP contribution is -2.39. The smallest absolute Gasteiger partial charge is 0.389 e. The van der Waals surface area contributed by atoms with Crippen molar-refractivity contribution in [3.8, 4) is 0 Å². The first kappa shape index (κ1) is 14.9. The Labute approximate surface area is 105 Å². The molecule has 1 heterocycles. The molecule has 0 aromatic heterocycles. The van der Waals surface area contributed by atoms with Gasteiger partial charge in [0.05, 0.1) is 13.2 Å². The van der Waals surface area contributed by atoms with Gasteiger partial charge in [-0.2, -0.15) is 0 Å². The average Bonchev–Trinajstić information content (AvgIpc) is 2.74. The van der Waals surface area contributed by atoms with Crippen LogP contribution in [0.15, 0.2) is 0 Å². The summed E-state index contributed by atoms with van der Waals surface area (Å²) in [6, 6.07) is 0.